The lowest BCUT2D eigenvalue weighted by molar-refractivity contribution is -0.137. The Kier molecular flexibility index (Phi) is 5.93. The van der Waals surface area contributed by atoms with E-state index in [1.807, 2.05) is 18.7 Å². The van der Waals surface area contributed by atoms with E-state index in [1.165, 1.54) is 0 Å². The quantitative estimate of drug-likeness (QED) is 0.646. The van der Waals surface area contributed by atoms with Crippen LogP contribution in [0.5, 0.6) is 0 Å². The zero-order valence-corrected chi connectivity index (χ0v) is 9.56. The molecule has 0 radical (unpaired) electrons. The number of amides is 1. The summed E-state index contributed by atoms with van der Waals surface area (Å²) < 4.78 is 0. The predicted octanol–water partition coefficient (Wildman–Crippen LogP) is 0.435. The van der Waals surface area contributed by atoms with Gasteiger partial charge in [-0.1, -0.05) is 0 Å². The van der Waals surface area contributed by atoms with Crippen LogP contribution in [0.3, 0.4) is 0 Å². The Morgan fingerprint density at radius 1 is 1.33 bits per heavy atom. The van der Waals surface area contributed by atoms with Crippen LogP contribution in [-0.2, 0) is 9.59 Å². The van der Waals surface area contributed by atoms with Gasteiger partial charge in [0.2, 0.25) is 5.91 Å². The average Bonchev–Trinajstić information content (AvgIpc) is 2.10. The minimum absolute atomic E-state index is 0.120. The van der Waals surface area contributed by atoms with Crippen molar-refractivity contribution in [1.82, 2.24) is 4.90 Å². The van der Waals surface area contributed by atoms with Crippen molar-refractivity contribution < 1.29 is 14.7 Å². The Morgan fingerprint density at radius 2 is 1.87 bits per heavy atom. The molecule has 5 heteroatoms. The number of nitrogens with zero attached hydrogens (tertiary/aromatic N) is 1. The molecule has 1 amide bonds. The summed E-state index contributed by atoms with van der Waals surface area (Å²) in [4.78, 5) is 23.3. The van der Waals surface area contributed by atoms with Gasteiger partial charge in [0.15, 0.2) is 0 Å². The zero-order valence-electron chi connectivity index (χ0n) is 9.56. The van der Waals surface area contributed by atoms with Gasteiger partial charge < -0.3 is 10.8 Å². The highest BCUT2D eigenvalue weighted by atomic mass is 16.4. The maximum absolute atomic E-state index is 11.0. The predicted molar refractivity (Wildman–Crippen MR) is 57.4 cm³/mol. The van der Waals surface area contributed by atoms with Crippen LogP contribution >= 0.6 is 0 Å². The minimum atomic E-state index is -0.814. The van der Waals surface area contributed by atoms with E-state index in [9.17, 15) is 9.59 Å². The van der Waals surface area contributed by atoms with Gasteiger partial charge >= 0.3 is 5.97 Å². The molecule has 15 heavy (non-hydrogen) atoms. The molecule has 0 aromatic rings. The van der Waals surface area contributed by atoms with Gasteiger partial charge in [-0.05, 0) is 33.7 Å². The molecule has 0 aliphatic carbocycles. The van der Waals surface area contributed by atoms with Crippen LogP contribution in [0.1, 0.15) is 33.6 Å². The standard InChI is InChI=1S/C10H20N2O3/c1-7(2)12(8(3)10(11)15)6-4-5-9(13)14/h7-8H,4-6H2,1-3H3,(H2,11,15)(H,13,14). The van der Waals surface area contributed by atoms with Crippen LogP contribution in [-0.4, -0.2) is 40.5 Å². The Bertz CT molecular complexity index is 229. The lowest BCUT2D eigenvalue weighted by atomic mass is 10.1. The van der Waals surface area contributed by atoms with Crippen molar-refractivity contribution >= 4 is 11.9 Å². The molecule has 0 aliphatic heterocycles. The Balaban J connectivity index is 4.16. The Hall–Kier alpha value is -1.10. The van der Waals surface area contributed by atoms with Crippen molar-refractivity contribution in [2.45, 2.75) is 45.7 Å². The number of carboxylic acids is 1. The molecule has 0 heterocycles. The second-order valence-electron chi connectivity index (χ2n) is 3.91. The SMILES string of the molecule is CC(C)N(CCCC(=O)O)C(C)C(N)=O. The fraction of sp³-hybridized carbons (Fsp3) is 0.800. The van der Waals surface area contributed by atoms with Gasteiger partial charge in [-0.25, -0.2) is 0 Å². The van der Waals surface area contributed by atoms with Gasteiger partial charge in [0.05, 0.1) is 6.04 Å². The van der Waals surface area contributed by atoms with Crippen molar-refractivity contribution in [3.05, 3.63) is 0 Å². The van der Waals surface area contributed by atoms with Crippen molar-refractivity contribution in [2.24, 2.45) is 5.73 Å². The van der Waals surface area contributed by atoms with Crippen molar-refractivity contribution in [3.8, 4) is 0 Å². The number of hydrogen-bond acceptors (Lipinski definition) is 3. The molecule has 0 spiro atoms. The summed E-state index contributed by atoms with van der Waals surface area (Å²) in [5, 5.41) is 8.50. The highest BCUT2D eigenvalue weighted by molar-refractivity contribution is 5.79. The van der Waals surface area contributed by atoms with Crippen LogP contribution in [0.2, 0.25) is 0 Å². The number of carbonyl (C=O) groups is 2. The molecule has 0 saturated carbocycles. The second kappa shape index (κ2) is 6.40. The molecule has 0 saturated heterocycles. The molecular weight excluding hydrogens is 196 g/mol. The van der Waals surface area contributed by atoms with Gasteiger partial charge in [-0.15, -0.1) is 0 Å². The van der Waals surface area contributed by atoms with E-state index in [1.54, 1.807) is 6.92 Å². The van der Waals surface area contributed by atoms with E-state index >= 15 is 0 Å². The summed E-state index contributed by atoms with van der Waals surface area (Å²) in [7, 11) is 0. The summed E-state index contributed by atoms with van der Waals surface area (Å²) in [5.41, 5.74) is 5.21. The lowest BCUT2D eigenvalue weighted by Crippen LogP contribution is -2.46. The average molecular weight is 216 g/mol. The normalized spacial score (nSPS) is 13.1. The number of hydrogen-bond donors (Lipinski definition) is 2. The highest BCUT2D eigenvalue weighted by Crippen LogP contribution is 2.07. The van der Waals surface area contributed by atoms with Gasteiger partial charge in [-0.2, -0.15) is 0 Å². The highest BCUT2D eigenvalue weighted by Gasteiger charge is 2.21. The number of aliphatic carboxylic acids is 1. The van der Waals surface area contributed by atoms with Gasteiger partial charge in [0.1, 0.15) is 0 Å². The smallest absolute Gasteiger partial charge is 0.303 e. The third kappa shape index (κ3) is 5.37. The molecule has 0 bridgehead atoms. The first-order valence-corrected chi connectivity index (χ1v) is 5.13. The number of carboxylic acid groups (broad SMARTS) is 1. The van der Waals surface area contributed by atoms with E-state index in [0.717, 1.165) is 0 Å². The Labute approximate surface area is 90.2 Å². The van der Waals surface area contributed by atoms with Crippen LogP contribution in [0, 0.1) is 0 Å². The maximum atomic E-state index is 11.0. The molecular formula is C10H20N2O3. The van der Waals surface area contributed by atoms with Crippen molar-refractivity contribution in [2.75, 3.05) is 6.54 Å². The van der Waals surface area contributed by atoms with Crippen molar-refractivity contribution in [1.29, 1.82) is 0 Å². The van der Waals surface area contributed by atoms with Crippen LogP contribution in [0.4, 0.5) is 0 Å². The summed E-state index contributed by atoms with van der Waals surface area (Å²) in [5.74, 6) is -1.19. The van der Waals surface area contributed by atoms with Gasteiger partial charge in [-0.3, -0.25) is 14.5 Å². The lowest BCUT2D eigenvalue weighted by Gasteiger charge is -2.30. The molecule has 5 nitrogen and oxygen atoms in total. The summed E-state index contributed by atoms with van der Waals surface area (Å²) in [6.07, 6.45) is 0.653. The molecule has 88 valence electrons. The molecule has 0 aliphatic rings. The van der Waals surface area contributed by atoms with Gasteiger partial charge in [0.25, 0.3) is 0 Å². The third-order valence-corrected chi connectivity index (χ3v) is 2.38. The fourth-order valence-corrected chi connectivity index (χ4v) is 1.48. The number of rotatable bonds is 7. The molecule has 1 unspecified atom stereocenters. The maximum Gasteiger partial charge on any atom is 0.303 e. The molecule has 0 aromatic carbocycles. The van der Waals surface area contributed by atoms with Gasteiger partial charge in [0, 0.05) is 12.5 Å². The molecule has 1 atom stereocenters. The monoisotopic (exact) mass is 216 g/mol. The molecule has 0 fully saturated rings. The Morgan fingerprint density at radius 3 is 2.20 bits per heavy atom. The first-order valence-electron chi connectivity index (χ1n) is 5.13. The third-order valence-electron chi connectivity index (χ3n) is 2.38. The van der Waals surface area contributed by atoms with Crippen molar-refractivity contribution in [3.63, 3.8) is 0 Å². The fourth-order valence-electron chi connectivity index (χ4n) is 1.48. The molecule has 3 N–H and O–H groups in total. The summed E-state index contributed by atoms with van der Waals surface area (Å²) in [6.45, 7) is 6.23. The summed E-state index contributed by atoms with van der Waals surface area (Å²) in [6, 6.07) is -0.167. The molecule has 0 rings (SSSR count). The van der Waals surface area contributed by atoms with Crippen LogP contribution in [0.15, 0.2) is 0 Å². The van der Waals surface area contributed by atoms with E-state index < -0.39 is 5.97 Å². The zero-order chi connectivity index (χ0) is 12.0. The number of carbonyl (C=O) groups excluding carboxylic acids is 1. The van der Waals surface area contributed by atoms with E-state index in [2.05, 4.69) is 0 Å². The van der Waals surface area contributed by atoms with E-state index in [-0.39, 0.29) is 24.4 Å². The van der Waals surface area contributed by atoms with Crippen LogP contribution in [0.25, 0.3) is 0 Å². The topological polar surface area (TPSA) is 83.6 Å². The summed E-state index contributed by atoms with van der Waals surface area (Å²) >= 11 is 0. The molecule has 0 aromatic heterocycles. The first kappa shape index (κ1) is 13.9. The van der Waals surface area contributed by atoms with Crippen LogP contribution < -0.4 is 5.73 Å². The minimum Gasteiger partial charge on any atom is -0.481 e. The largest absolute Gasteiger partial charge is 0.481 e. The van der Waals surface area contributed by atoms with E-state index in [0.29, 0.717) is 13.0 Å². The first-order chi connectivity index (χ1) is 6.86. The van der Waals surface area contributed by atoms with E-state index in [4.69, 9.17) is 10.8 Å². The second-order valence-corrected chi connectivity index (χ2v) is 3.91. The number of nitrogens with two attached hydrogens (primary N) is 1. The number of primary amides is 1.